The molecule has 0 atom stereocenters. The number of nitro groups is 1. The number of aromatic nitrogens is 1. The third-order valence-electron chi connectivity index (χ3n) is 5.39. The molecule has 6 nitrogen and oxygen atoms in total. The van der Waals surface area contributed by atoms with Gasteiger partial charge in [-0.2, -0.15) is 0 Å². The van der Waals surface area contributed by atoms with Crippen LogP contribution in [0.15, 0.2) is 60.8 Å². The summed E-state index contributed by atoms with van der Waals surface area (Å²) in [6, 6.07) is 14.5. The summed E-state index contributed by atoms with van der Waals surface area (Å²) in [6.45, 7) is 1.46. The van der Waals surface area contributed by atoms with E-state index in [2.05, 4.69) is 29.4 Å². The number of aromatic amines is 1. The molecule has 1 saturated heterocycles. The molecule has 6 heteroatoms. The van der Waals surface area contributed by atoms with E-state index in [-0.39, 0.29) is 11.6 Å². The second-order valence-corrected chi connectivity index (χ2v) is 7.07. The summed E-state index contributed by atoms with van der Waals surface area (Å²) in [5.74, 6) is 0.439. The minimum absolute atomic E-state index is 0.0178. The van der Waals surface area contributed by atoms with Gasteiger partial charge in [-0.3, -0.25) is 14.9 Å². The third-order valence-corrected chi connectivity index (χ3v) is 5.39. The molecular weight excluding hydrogens is 354 g/mol. The Morgan fingerprint density at radius 1 is 1.11 bits per heavy atom. The highest BCUT2D eigenvalue weighted by atomic mass is 16.6. The van der Waals surface area contributed by atoms with Gasteiger partial charge in [0.05, 0.1) is 4.92 Å². The van der Waals surface area contributed by atoms with Crippen LogP contribution in [0.25, 0.3) is 17.0 Å². The second-order valence-electron chi connectivity index (χ2n) is 7.07. The number of hydrogen-bond acceptors (Lipinski definition) is 3. The predicted molar refractivity (Wildman–Crippen MR) is 109 cm³/mol. The van der Waals surface area contributed by atoms with Crippen LogP contribution in [0.2, 0.25) is 0 Å². The van der Waals surface area contributed by atoms with Crippen molar-refractivity contribution in [1.82, 2.24) is 9.88 Å². The SMILES string of the molecule is O=C(/C=C/c1ccc([N+](=O)[O-])cc1)N1CCC(c2c[nH]c3ccccc23)CC1. The maximum atomic E-state index is 12.5. The number of fused-ring (bicyclic) bond motifs is 1. The van der Waals surface area contributed by atoms with E-state index < -0.39 is 4.92 Å². The highest BCUT2D eigenvalue weighted by Gasteiger charge is 2.24. The maximum absolute atomic E-state index is 12.5. The number of nitro benzene ring substituents is 1. The summed E-state index contributed by atoms with van der Waals surface area (Å²) >= 11 is 0. The molecule has 0 unspecified atom stereocenters. The van der Waals surface area contributed by atoms with Crippen molar-refractivity contribution in [1.29, 1.82) is 0 Å². The Kier molecular flexibility index (Phi) is 4.93. The molecule has 1 aromatic heterocycles. The van der Waals surface area contributed by atoms with E-state index in [1.165, 1.54) is 23.1 Å². The van der Waals surface area contributed by atoms with E-state index in [0.29, 0.717) is 5.92 Å². The molecule has 2 heterocycles. The number of nitrogens with one attached hydrogen (secondary N) is 1. The summed E-state index contributed by atoms with van der Waals surface area (Å²) in [7, 11) is 0. The molecule has 3 aromatic rings. The molecule has 4 rings (SSSR count). The second kappa shape index (κ2) is 7.68. The number of carbonyl (C=O) groups excluding carboxylic acids is 1. The standard InChI is InChI=1S/C22H21N3O3/c26-22(10-7-16-5-8-18(9-6-16)25(27)28)24-13-11-17(12-14-24)20-15-23-21-4-2-1-3-19(20)21/h1-10,15,17,23H,11-14H2/b10-7+. The molecule has 0 radical (unpaired) electrons. The molecular formula is C22H21N3O3. The van der Waals surface area contributed by atoms with E-state index in [0.717, 1.165) is 37.0 Å². The molecule has 0 spiro atoms. The Balaban J connectivity index is 1.36. The van der Waals surface area contributed by atoms with Crippen molar-refractivity contribution in [3.63, 3.8) is 0 Å². The van der Waals surface area contributed by atoms with Gasteiger partial charge in [0.15, 0.2) is 0 Å². The average Bonchev–Trinajstić information content (AvgIpc) is 3.16. The first-order valence-corrected chi connectivity index (χ1v) is 9.39. The van der Waals surface area contributed by atoms with Crippen molar-refractivity contribution in [2.24, 2.45) is 0 Å². The summed E-state index contributed by atoms with van der Waals surface area (Å²) in [6.07, 6.45) is 7.24. The largest absolute Gasteiger partial charge is 0.361 e. The van der Waals surface area contributed by atoms with Crippen LogP contribution < -0.4 is 0 Å². The van der Waals surface area contributed by atoms with E-state index in [4.69, 9.17) is 0 Å². The number of H-pyrrole nitrogens is 1. The maximum Gasteiger partial charge on any atom is 0.269 e. The van der Waals surface area contributed by atoms with Crippen LogP contribution in [0.1, 0.15) is 29.9 Å². The number of piperidine rings is 1. The van der Waals surface area contributed by atoms with Crippen molar-refractivity contribution in [2.45, 2.75) is 18.8 Å². The van der Waals surface area contributed by atoms with Crippen molar-refractivity contribution in [3.05, 3.63) is 82.0 Å². The lowest BCUT2D eigenvalue weighted by molar-refractivity contribution is -0.384. The van der Waals surface area contributed by atoms with Crippen LogP contribution in [0.3, 0.4) is 0 Å². The number of likely N-dealkylation sites (tertiary alicyclic amines) is 1. The zero-order valence-electron chi connectivity index (χ0n) is 15.4. The van der Waals surface area contributed by atoms with Gasteiger partial charge >= 0.3 is 0 Å². The van der Waals surface area contributed by atoms with Gasteiger partial charge in [-0.05, 0) is 54.2 Å². The Morgan fingerprint density at radius 2 is 1.82 bits per heavy atom. The zero-order valence-corrected chi connectivity index (χ0v) is 15.4. The van der Waals surface area contributed by atoms with E-state index in [1.807, 2.05) is 11.0 Å². The number of amides is 1. The smallest absolute Gasteiger partial charge is 0.269 e. The highest BCUT2D eigenvalue weighted by Crippen LogP contribution is 2.33. The van der Waals surface area contributed by atoms with Crippen LogP contribution in [-0.2, 0) is 4.79 Å². The topological polar surface area (TPSA) is 79.2 Å². The Hall–Kier alpha value is -3.41. The van der Waals surface area contributed by atoms with Gasteiger partial charge in [0.2, 0.25) is 5.91 Å². The molecule has 0 aliphatic carbocycles. The van der Waals surface area contributed by atoms with Crippen molar-refractivity contribution < 1.29 is 9.72 Å². The molecule has 28 heavy (non-hydrogen) atoms. The number of hydrogen-bond donors (Lipinski definition) is 1. The number of carbonyl (C=O) groups is 1. The van der Waals surface area contributed by atoms with Crippen LogP contribution in [-0.4, -0.2) is 33.8 Å². The van der Waals surface area contributed by atoms with Gasteiger partial charge < -0.3 is 9.88 Å². The van der Waals surface area contributed by atoms with Crippen molar-refractivity contribution in [2.75, 3.05) is 13.1 Å². The summed E-state index contributed by atoms with van der Waals surface area (Å²) in [5, 5.41) is 12.0. The number of nitrogens with zero attached hydrogens (tertiary/aromatic N) is 2. The molecule has 1 fully saturated rings. The van der Waals surface area contributed by atoms with Crippen molar-refractivity contribution >= 4 is 28.6 Å². The van der Waals surface area contributed by atoms with Crippen LogP contribution in [0.5, 0.6) is 0 Å². The van der Waals surface area contributed by atoms with Crippen LogP contribution in [0.4, 0.5) is 5.69 Å². The molecule has 1 amide bonds. The number of para-hydroxylation sites is 1. The molecule has 2 aromatic carbocycles. The predicted octanol–water partition coefficient (Wildman–Crippen LogP) is 4.50. The van der Waals surface area contributed by atoms with E-state index in [9.17, 15) is 14.9 Å². The Bertz CT molecular complexity index is 1030. The van der Waals surface area contributed by atoms with Gasteiger partial charge in [-0.1, -0.05) is 18.2 Å². The van der Waals surface area contributed by atoms with Gasteiger partial charge in [-0.15, -0.1) is 0 Å². The molecule has 1 N–H and O–H groups in total. The minimum atomic E-state index is -0.434. The fourth-order valence-electron chi connectivity index (χ4n) is 3.82. The monoisotopic (exact) mass is 375 g/mol. The summed E-state index contributed by atoms with van der Waals surface area (Å²) in [4.78, 5) is 27.9. The molecule has 1 aliphatic rings. The zero-order chi connectivity index (χ0) is 19.5. The van der Waals surface area contributed by atoms with Gasteiger partial charge in [0, 0.05) is 48.4 Å². The lowest BCUT2D eigenvalue weighted by Gasteiger charge is -2.31. The molecule has 1 aliphatic heterocycles. The van der Waals surface area contributed by atoms with Crippen LogP contribution in [0, 0.1) is 10.1 Å². The Labute approximate surface area is 162 Å². The first-order chi connectivity index (χ1) is 13.6. The van der Waals surface area contributed by atoms with Gasteiger partial charge in [-0.25, -0.2) is 0 Å². The fourth-order valence-corrected chi connectivity index (χ4v) is 3.82. The molecule has 142 valence electrons. The number of rotatable bonds is 4. The minimum Gasteiger partial charge on any atom is -0.361 e. The lowest BCUT2D eigenvalue weighted by atomic mass is 9.89. The number of benzene rings is 2. The fraction of sp³-hybridized carbons (Fsp3) is 0.227. The Morgan fingerprint density at radius 3 is 2.54 bits per heavy atom. The first kappa shape index (κ1) is 18.0. The quantitative estimate of drug-likeness (QED) is 0.414. The van der Waals surface area contributed by atoms with Crippen LogP contribution >= 0.6 is 0 Å². The third kappa shape index (κ3) is 3.67. The highest BCUT2D eigenvalue weighted by molar-refractivity contribution is 5.92. The van der Waals surface area contributed by atoms with Crippen molar-refractivity contribution in [3.8, 4) is 0 Å². The normalized spacial score (nSPS) is 15.4. The summed E-state index contributed by atoms with van der Waals surface area (Å²) < 4.78 is 0. The van der Waals surface area contributed by atoms with E-state index in [1.54, 1.807) is 24.3 Å². The summed E-state index contributed by atoms with van der Waals surface area (Å²) in [5.41, 5.74) is 3.31. The average molecular weight is 375 g/mol. The molecule has 0 bridgehead atoms. The number of non-ortho nitro benzene ring substituents is 1. The lowest BCUT2D eigenvalue weighted by Crippen LogP contribution is -2.36. The van der Waals surface area contributed by atoms with Gasteiger partial charge in [0.25, 0.3) is 5.69 Å². The van der Waals surface area contributed by atoms with E-state index >= 15 is 0 Å². The molecule has 0 saturated carbocycles. The first-order valence-electron chi connectivity index (χ1n) is 9.39. The van der Waals surface area contributed by atoms with Gasteiger partial charge in [0.1, 0.15) is 0 Å².